The Balaban J connectivity index is 1.56. The Morgan fingerprint density at radius 2 is 1.57 bits per heavy atom. The normalized spacial score (nSPS) is 12.8. The van der Waals surface area contributed by atoms with Gasteiger partial charge in [0.15, 0.2) is 16.8 Å². The smallest absolute Gasteiger partial charge is 0.297 e. The second-order valence-corrected chi connectivity index (χ2v) is 14.7. The van der Waals surface area contributed by atoms with Crippen LogP contribution in [-0.2, 0) is 31.3 Å². The van der Waals surface area contributed by atoms with Crippen molar-refractivity contribution in [3.05, 3.63) is 90.2 Å². The minimum absolute atomic E-state index is 0.0782. The third-order valence-electron chi connectivity index (χ3n) is 7.45. The van der Waals surface area contributed by atoms with Gasteiger partial charge in [0, 0.05) is 23.0 Å². The Kier molecular flexibility index (Phi) is 9.70. The number of rotatable bonds is 10. The molecule has 0 saturated carbocycles. The summed E-state index contributed by atoms with van der Waals surface area (Å²) in [5.74, 6) is -0.970. The molecule has 0 radical (unpaired) electrons. The molecule has 5 N–H and O–H groups in total. The molecule has 0 bridgehead atoms. The van der Waals surface area contributed by atoms with Gasteiger partial charge in [0.05, 0.1) is 10.6 Å². The molecule has 6 rings (SSSR count). The summed E-state index contributed by atoms with van der Waals surface area (Å²) in [6.45, 7) is 2.26. The predicted octanol–water partition coefficient (Wildman–Crippen LogP) is 6.93. The van der Waals surface area contributed by atoms with Crippen LogP contribution in [0.4, 0.5) is 34.6 Å². The van der Waals surface area contributed by atoms with Crippen LogP contribution in [0.5, 0.6) is 5.75 Å². The highest BCUT2D eigenvalue weighted by Gasteiger charge is 2.26. The number of fused-ring (bicyclic) bond motifs is 2. The molecule has 6 aromatic rings. The number of para-hydroxylation sites is 1. The predicted molar refractivity (Wildman–Crippen MR) is 190 cm³/mol. The van der Waals surface area contributed by atoms with Gasteiger partial charge >= 0.3 is 0 Å². The fraction of sp³-hybridized carbons (Fsp3) is 0.0645. The minimum Gasteiger partial charge on any atom is -0.505 e. The van der Waals surface area contributed by atoms with Crippen LogP contribution >= 0.6 is 11.6 Å². The van der Waals surface area contributed by atoms with E-state index in [1.54, 1.807) is 17.0 Å². The molecule has 1 atom stereocenters. The summed E-state index contributed by atoms with van der Waals surface area (Å²) >= 11 is 3.63. The lowest BCUT2D eigenvalue weighted by Gasteiger charge is -2.21. The van der Waals surface area contributed by atoms with Crippen LogP contribution in [0.25, 0.3) is 21.5 Å². The number of nitrogens with one attached hydrogen (secondary N) is 1. The summed E-state index contributed by atoms with van der Waals surface area (Å²) in [6, 6.07) is 21.0. The number of phenolic OH excluding ortho intramolecular Hbond substituents is 1. The Bertz CT molecular complexity index is 2630. The van der Waals surface area contributed by atoms with Crippen LogP contribution in [0.2, 0.25) is 5.28 Å². The van der Waals surface area contributed by atoms with E-state index in [0.717, 1.165) is 23.9 Å². The van der Waals surface area contributed by atoms with Crippen LogP contribution in [0, 0.1) is 0 Å². The number of anilines is 4. The van der Waals surface area contributed by atoms with E-state index in [0.29, 0.717) is 11.9 Å². The maximum Gasteiger partial charge on any atom is 0.297 e. The molecule has 0 amide bonds. The van der Waals surface area contributed by atoms with Crippen molar-refractivity contribution in [2.75, 3.05) is 16.8 Å². The van der Waals surface area contributed by atoms with E-state index in [9.17, 15) is 39.8 Å². The largest absolute Gasteiger partial charge is 0.505 e. The Labute approximate surface area is 297 Å². The van der Waals surface area contributed by atoms with Gasteiger partial charge in [-0.2, -0.15) is 31.8 Å². The number of benzene rings is 5. The van der Waals surface area contributed by atoms with Crippen LogP contribution < -0.4 is 10.2 Å². The maximum absolute atomic E-state index is 12.6. The molecule has 0 aliphatic heterocycles. The summed E-state index contributed by atoms with van der Waals surface area (Å²) in [4.78, 5) is 12.6. The summed E-state index contributed by atoms with van der Waals surface area (Å²) in [5, 5.41) is 22.0. The first-order valence-electron chi connectivity index (χ1n) is 14.5. The van der Waals surface area contributed by atoms with Gasteiger partial charge in [0.1, 0.15) is 21.2 Å². The Hall–Kier alpha value is -5.15. The van der Waals surface area contributed by atoms with Gasteiger partial charge in [-0.15, -0.1) is 10.2 Å². The van der Waals surface area contributed by atoms with Crippen molar-refractivity contribution in [1.29, 1.82) is 0 Å². The highest BCUT2D eigenvalue weighted by atomic mass is 35.5. The van der Waals surface area contributed by atoms with Crippen LogP contribution in [-0.4, -0.2) is 61.3 Å². The molecule has 0 saturated heterocycles. The van der Waals surface area contributed by atoms with Gasteiger partial charge in [0.25, 0.3) is 20.2 Å². The van der Waals surface area contributed by atoms with Crippen molar-refractivity contribution in [1.82, 2.24) is 15.0 Å². The number of hydrogen-bond donors (Lipinski definition) is 5. The quantitative estimate of drug-likeness (QED) is 0.0539. The molecular weight excluding hydrogens is 746 g/mol. The summed E-state index contributed by atoms with van der Waals surface area (Å²) in [7, 11) is -10.1. The third-order valence-corrected chi connectivity index (χ3v) is 10.1. The molecule has 51 heavy (non-hydrogen) atoms. The molecule has 262 valence electrons. The topological polar surface area (TPSA) is 245 Å². The Morgan fingerprint density at radius 3 is 2.24 bits per heavy atom. The lowest BCUT2D eigenvalue weighted by Crippen LogP contribution is -2.19. The second-order valence-electron chi connectivity index (χ2n) is 10.6. The van der Waals surface area contributed by atoms with Crippen LogP contribution in [0.15, 0.2) is 110 Å². The molecule has 0 fully saturated rings. The molecule has 1 aromatic heterocycles. The first-order chi connectivity index (χ1) is 24.2. The molecule has 5 aromatic carbocycles. The number of phenols is 1. The summed E-state index contributed by atoms with van der Waals surface area (Å²) < 4.78 is 92.4. The van der Waals surface area contributed by atoms with Crippen molar-refractivity contribution < 1.29 is 39.8 Å². The molecule has 16 nitrogen and oxygen atoms in total. The second kappa shape index (κ2) is 13.9. The van der Waals surface area contributed by atoms with E-state index in [4.69, 9.17) is 11.6 Å². The SMILES string of the molecule is CCN(c1ccccc1)c1nc(Cl)nc(Nc2cc(S(=O)O)cc3cc(S(=O)(=O)O)c(N=Nc4ccc5ccccc5c4S(=O)(=O)O)c(O)c23)n1. The van der Waals surface area contributed by atoms with Crippen LogP contribution in [0.1, 0.15) is 6.92 Å². The zero-order valence-corrected chi connectivity index (χ0v) is 29.1. The zero-order chi connectivity index (χ0) is 36.7. The summed E-state index contributed by atoms with van der Waals surface area (Å²) in [5.41, 5.74) is -0.671. The maximum atomic E-state index is 12.6. The highest BCUT2D eigenvalue weighted by molar-refractivity contribution is 7.86. The van der Waals surface area contributed by atoms with Gasteiger partial charge in [0.2, 0.25) is 17.2 Å². The van der Waals surface area contributed by atoms with E-state index in [1.807, 2.05) is 37.3 Å². The number of halogens is 1. The van der Waals surface area contributed by atoms with Gasteiger partial charge in [-0.05, 0) is 65.7 Å². The molecule has 0 aliphatic carbocycles. The van der Waals surface area contributed by atoms with Crippen molar-refractivity contribution in [3.63, 3.8) is 0 Å². The van der Waals surface area contributed by atoms with Crippen LogP contribution in [0.3, 0.4) is 0 Å². The van der Waals surface area contributed by atoms with Gasteiger partial charge in [-0.1, -0.05) is 48.5 Å². The van der Waals surface area contributed by atoms with Crippen molar-refractivity contribution in [2.45, 2.75) is 21.6 Å². The molecule has 20 heteroatoms. The molecule has 1 heterocycles. The van der Waals surface area contributed by atoms with E-state index in [-0.39, 0.29) is 43.9 Å². The van der Waals surface area contributed by atoms with Gasteiger partial charge < -0.3 is 19.9 Å². The highest BCUT2D eigenvalue weighted by Crippen LogP contribution is 2.46. The van der Waals surface area contributed by atoms with E-state index < -0.39 is 58.2 Å². The summed E-state index contributed by atoms with van der Waals surface area (Å²) in [6.07, 6.45) is 0. The lowest BCUT2D eigenvalue weighted by molar-refractivity contribution is 0.472. The van der Waals surface area contributed by atoms with E-state index in [2.05, 4.69) is 30.5 Å². The molecule has 1 unspecified atom stereocenters. The van der Waals surface area contributed by atoms with E-state index in [1.165, 1.54) is 24.3 Å². The average Bonchev–Trinajstić information content (AvgIpc) is 3.07. The Morgan fingerprint density at radius 1 is 0.863 bits per heavy atom. The molecule has 0 aliphatic rings. The van der Waals surface area contributed by atoms with Crippen molar-refractivity contribution in [2.24, 2.45) is 10.2 Å². The van der Waals surface area contributed by atoms with E-state index >= 15 is 0 Å². The fourth-order valence-electron chi connectivity index (χ4n) is 5.32. The fourth-order valence-corrected chi connectivity index (χ4v) is 7.42. The standard InChI is InChI=1S/C31H24ClN7O9S3/c1-2-39(19-9-4-3-5-10-19)31-35-29(32)34-30(36-31)33-23-16-20(49(41)42)14-18-15-24(50(43,44)45)26(27(40)25(18)23)38-37-22-13-12-17-8-6-7-11-21(17)28(22)51(46,47)48/h3-16,40H,2H2,1H3,(H,41,42)(H,43,44,45)(H,46,47,48)(H,33,34,35,36). The van der Waals surface area contributed by atoms with Crippen molar-refractivity contribution >= 4 is 99.1 Å². The molecule has 0 spiro atoms. The number of hydrogen-bond acceptors (Lipinski definition) is 13. The first kappa shape index (κ1) is 35.7. The molecular formula is C31H24ClN7O9S3. The number of aromatic hydroxyl groups is 1. The first-order valence-corrected chi connectivity index (χ1v) is 18.9. The van der Waals surface area contributed by atoms with Gasteiger partial charge in [-0.3, -0.25) is 9.11 Å². The zero-order valence-electron chi connectivity index (χ0n) is 25.9. The minimum atomic E-state index is -5.18. The monoisotopic (exact) mass is 769 g/mol. The van der Waals surface area contributed by atoms with Crippen molar-refractivity contribution in [3.8, 4) is 5.75 Å². The number of nitrogens with zero attached hydrogens (tertiary/aromatic N) is 6. The lowest BCUT2D eigenvalue weighted by atomic mass is 10.1. The third kappa shape index (κ3) is 7.35. The van der Waals surface area contributed by atoms with Gasteiger partial charge in [-0.25, -0.2) is 4.21 Å². The average molecular weight is 770 g/mol. The number of aromatic nitrogens is 3. The number of azo groups is 1.